The number of rotatable bonds is 7. The third kappa shape index (κ3) is 5.54. The summed E-state index contributed by atoms with van der Waals surface area (Å²) in [7, 11) is -2.95. The van der Waals surface area contributed by atoms with E-state index >= 15 is 0 Å². The standard InChI is InChI=1S/C12H15F2N3O5S/c1-21-17(12(15)16-7-18)6-10(22-23(2,19)20)11-8(13)4-3-5-9(11)14/h3-5,7,10H,6H2,1-2H3,(H2,15,16,18). The van der Waals surface area contributed by atoms with E-state index in [-0.39, 0.29) is 6.41 Å². The molecule has 0 aliphatic heterocycles. The second-order valence-electron chi connectivity index (χ2n) is 4.28. The second-order valence-corrected chi connectivity index (χ2v) is 5.88. The Morgan fingerprint density at radius 3 is 2.43 bits per heavy atom. The number of halogens is 2. The Labute approximate surface area is 131 Å². The molecule has 0 aliphatic carbocycles. The lowest BCUT2D eigenvalue weighted by molar-refractivity contribution is -0.111. The number of carbonyl (C=O) groups excluding carboxylic acids is 1. The first-order chi connectivity index (χ1) is 10.7. The van der Waals surface area contributed by atoms with Gasteiger partial charge in [0.15, 0.2) is 0 Å². The van der Waals surface area contributed by atoms with E-state index in [1.54, 1.807) is 0 Å². The first kappa shape index (κ1) is 18.9. The Kier molecular flexibility index (Phi) is 6.54. The molecule has 1 unspecified atom stereocenters. The number of hydrogen-bond donors (Lipinski definition) is 2. The van der Waals surface area contributed by atoms with E-state index in [1.807, 2.05) is 5.32 Å². The summed E-state index contributed by atoms with van der Waals surface area (Å²) in [5.74, 6) is -2.62. The van der Waals surface area contributed by atoms with Crippen LogP contribution in [0.25, 0.3) is 0 Å². The molecule has 0 fully saturated rings. The summed E-state index contributed by atoms with van der Waals surface area (Å²) < 4.78 is 55.2. The monoisotopic (exact) mass is 351 g/mol. The van der Waals surface area contributed by atoms with Gasteiger partial charge in [-0.15, -0.1) is 0 Å². The molecule has 1 rings (SSSR count). The molecule has 1 aromatic carbocycles. The maximum atomic E-state index is 13.9. The number of amides is 1. The van der Waals surface area contributed by atoms with Crippen molar-refractivity contribution in [3.05, 3.63) is 35.4 Å². The minimum absolute atomic E-state index is 0.185. The topological polar surface area (TPSA) is 109 Å². The fourth-order valence-corrected chi connectivity index (χ4v) is 2.31. The Morgan fingerprint density at radius 2 is 2.00 bits per heavy atom. The Hall–Kier alpha value is -2.11. The maximum absolute atomic E-state index is 13.9. The van der Waals surface area contributed by atoms with Crippen LogP contribution in [0.1, 0.15) is 11.7 Å². The third-order valence-electron chi connectivity index (χ3n) is 2.61. The quantitative estimate of drug-likeness (QED) is 0.244. The molecule has 0 radical (unpaired) electrons. The molecule has 0 bridgehead atoms. The number of hydroxylamine groups is 2. The normalized spacial score (nSPS) is 12.5. The molecule has 128 valence electrons. The second kappa shape index (κ2) is 7.94. The predicted molar refractivity (Wildman–Crippen MR) is 75.7 cm³/mol. The van der Waals surface area contributed by atoms with Crippen molar-refractivity contribution in [2.75, 3.05) is 19.9 Å². The lowest BCUT2D eigenvalue weighted by Gasteiger charge is -2.26. The van der Waals surface area contributed by atoms with Crippen LogP contribution in [0.4, 0.5) is 8.78 Å². The van der Waals surface area contributed by atoms with Crippen molar-refractivity contribution >= 4 is 22.5 Å². The van der Waals surface area contributed by atoms with E-state index in [2.05, 4.69) is 0 Å². The summed E-state index contributed by atoms with van der Waals surface area (Å²) in [4.78, 5) is 15.1. The van der Waals surface area contributed by atoms with Gasteiger partial charge in [-0.05, 0) is 12.1 Å². The first-order valence-corrected chi connectivity index (χ1v) is 7.93. The summed E-state index contributed by atoms with van der Waals surface area (Å²) >= 11 is 0. The van der Waals surface area contributed by atoms with Gasteiger partial charge in [0, 0.05) is 0 Å². The number of hydrogen-bond acceptors (Lipinski definition) is 6. The maximum Gasteiger partial charge on any atom is 0.265 e. The average Bonchev–Trinajstić information content (AvgIpc) is 2.42. The summed E-state index contributed by atoms with van der Waals surface area (Å²) in [6.07, 6.45) is -0.741. The van der Waals surface area contributed by atoms with E-state index < -0.39 is 45.9 Å². The van der Waals surface area contributed by atoms with Crippen LogP contribution in [-0.4, -0.2) is 45.8 Å². The highest BCUT2D eigenvalue weighted by atomic mass is 32.2. The molecular formula is C12H15F2N3O5S. The number of nitrogens with one attached hydrogen (secondary N) is 2. The fraction of sp³-hybridized carbons (Fsp3) is 0.333. The zero-order valence-corrected chi connectivity index (χ0v) is 13.1. The molecule has 8 nitrogen and oxygen atoms in total. The van der Waals surface area contributed by atoms with E-state index in [0.29, 0.717) is 11.3 Å². The molecule has 0 aliphatic rings. The van der Waals surface area contributed by atoms with E-state index in [9.17, 15) is 22.0 Å². The van der Waals surface area contributed by atoms with Crippen molar-refractivity contribution in [3.63, 3.8) is 0 Å². The number of nitrogens with zero attached hydrogens (tertiary/aromatic N) is 1. The van der Waals surface area contributed by atoms with Crippen LogP contribution >= 0.6 is 0 Å². The van der Waals surface area contributed by atoms with Crippen molar-refractivity contribution in [1.29, 1.82) is 5.41 Å². The largest absolute Gasteiger partial charge is 0.298 e. The van der Waals surface area contributed by atoms with Gasteiger partial charge in [-0.2, -0.15) is 8.42 Å². The highest BCUT2D eigenvalue weighted by Crippen LogP contribution is 2.26. The predicted octanol–water partition coefficient (Wildman–Crippen LogP) is 0.526. The Morgan fingerprint density at radius 1 is 1.43 bits per heavy atom. The molecular weight excluding hydrogens is 336 g/mol. The molecule has 23 heavy (non-hydrogen) atoms. The smallest absolute Gasteiger partial charge is 0.265 e. The van der Waals surface area contributed by atoms with Gasteiger partial charge in [0.1, 0.15) is 17.7 Å². The van der Waals surface area contributed by atoms with Crippen LogP contribution < -0.4 is 5.32 Å². The molecule has 2 N–H and O–H groups in total. The van der Waals surface area contributed by atoms with Crippen molar-refractivity contribution in [3.8, 4) is 0 Å². The molecule has 0 spiro atoms. The molecule has 1 atom stereocenters. The lowest BCUT2D eigenvalue weighted by atomic mass is 10.1. The van der Waals surface area contributed by atoms with Crippen LogP contribution in [0.2, 0.25) is 0 Å². The fourth-order valence-electron chi connectivity index (χ4n) is 1.73. The third-order valence-corrected chi connectivity index (χ3v) is 3.19. The Bertz CT molecular complexity index is 663. The van der Waals surface area contributed by atoms with Gasteiger partial charge >= 0.3 is 0 Å². The molecule has 0 heterocycles. The Balaban J connectivity index is 3.20. The minimum atomic E-state index is -4.07. The lowest BCUT2D eigenvalue weighted by Crippen LogP contribution is -2.42. The van der Waals surface area contributed by atoms with Crippen LogP contribution in [0, 0.1) is 17.0 Å². The molecule has 1 amide bonds. The van der Waals surface area contributed by atoms with Gasteiger partial charge in [-0.25, -0.2) is 13.8 Å². The first-order valence-electron chi connectivity index (χ1n) is 6.12. The van der Waals surface area contributed by atoms with Crippen LogP contribution in [0.3, 0.4) is 0 Å². The summed E-state index contributed by atoms with van der Waals surface area (Å²) in [5, 5.41) is 10.2. The number of benzene rings is 1. The van der Waals surface area contributed by atoms with Gasteiger partial charge in [0.25, 0.3) is 10.1 Å². The zero-order valence-electron chi connectivity index (χ0n) is 12.2. The van der Waals surface area contributed by atoms with Gasteiger partial charge in [0.05, 0.1) is 25.5 Å². The van der Waals surface area contributed by atoms with Gasteiger partial charge in [-0.3, -0.25) is 24.5 Å². The zero-order chi connectivity index (χ0) is 17.6. The highest BCUT2D eigenvalue weighted by molar-refractivity contribution is 7.86. The van der Waals surface area contributed by atoms with Crippen molar-refractivity contribution in [1.82, 2.24) is 10.4 Å². The van der Waals surface area contributed by atoms with Crippen LogP contribution in [-0.2, 0) is 23.9 Å². The van der Waals surface area contributed by atoms with Gasteiger partial charge in [0.2, 0.25) is 12.4 Å². The van der Waals surface area contributed by atoms with Crippen molar-refractivity contribution in [2.24, 2.45) is 0 Å². The average molecular weight is 351 g/mol. The van der Waals surface area contributed by atoms with E-state index in [4.69, 9.17) is 14.4 Å². The summed E-state index contributed by atoms with van der Waals surface area (Å²) in [6, 6.07) is 2.97. The van der Waals surface area contributed by atoms with Gasteiger partial charge < -0.3 is 0 Å². The number of guanidine groups is 1. The molecule has 1 aromatic rings. The van der Waals surface area contributed by atoms with Crippen molar-refractivity contribution in [2.45, 2.75) is 6.10 Å². The highest BCUT2D eigenvalue weighted by Gasteiger charge is 2.28. The molecule has 11 heteroatoms. The molecule has 0 saturated carbocycles. The van der Waals surface area contributed by atoms with Crippen molar-refractivity contribution < 1.29 is 31.0 Å². The molecule has 0 saturated heterocycles. The number of carbonyl (C=O) groups is 1. The molecule has 0 aromatic heterocycles. The van der Waals surface area contributed by atoms with Crippen LogP contribution in [0.5, 0.6) is 0 Å². The minimum Gasteiger partial charge on any atom is -0.298 e. The summed E-state index contributed by atoms with van der Waals surface area (Å²) in [5.41, 5.74) is -0.640. The van der Waals surface area contributed by atoms with E-state index in [0.717, 1.165) is 25.3 Å². The summed E-state index contributed by atoms with van der Waals surface area (Å²) in [6.45, 7) is -0.568. The SMILES string of the molecule is CON(CC(OS(C)(=O)=O)c1c(F)cccc1F)C(=N)NC=O. The van der Waals surface area contributed by atoms with Gasteiger partial charge in [-0.1, -0.05) is 6.07 Å². The van der Waals surface area contributed by atoms with Crippen LogP contribution in [0.15, 0.2) is 18.2 Å². The van der Waals surface area contributed by atoms with E-state index in [1.165, 1.54) is 0 Å².